The summed E-state index contributed by atoms with van der Waals surface area (Å²) in [7, 11) is 0. The number of aromatic amines is 1. The van der Waals surface area contributed by atoms with Gasteiger partial charge in [-0.1, -0.05) is 43.0 Å². The van der Waals surface area contributed by atoms with Gasteiger partial charge in [-0.25, -0.2) is 0 Å². The van der Waals surface area contributed by atoms with E-state index in [1.165, 1.54) is 48.2 Å². The molecular formula is C23H28ClNOS. The summed E-state index contributed by atoms with van der Waals surface area (Å²) in [5.41, 5.74) is 5.94. The Morgan fingerprint density at radius 3 is 2.81 bits per heavy atom. The Bertz CT molecular complexity index is 913. The molecule has 0 saturated carbocycles. The molecule has 1 N–H and O–H groups in total. The van der Waals surface area contributed by atoms with Crippen LogP contribution in [0.4, 0.5) is 0 Å². The largest absolute Gasteiger partial charge is 0.343 e. The number of nitrogens with one attached hydrogen (secondary N) is 1. The molecule has 144 valence electrons. The lowest BCUT2D eigenvalue weighted by Gasteiger charge is -2.28. The lowest BCUT2D eigenvalue weighted by molar-refractivity contribution is 0.103. The normalized spacial score (nSPS) is 23.7. The highest BCUT2D eigenvalue weighted by Gasteiger charge is 2.33. The molecule has 27 heavy (non-hydrogen) atoms. The number of carbonyl (C=O) groups excluding carboxylic acids is 1. The summed E-state index contributed by atoms with van der Waals surface area (Å²) < 4.78 is 0.758. The fourth-order valence-electron chi connectivity index (χ4n) is 5.13. The van der Waals surface area contributed by atoms with Crippen LogP contribution in [0, 0.1) is 11.8 Å². The molecule has 2 heterocycles. The van der Waals surface area contributed by atoms with Crippen molar-refractivity contribution < 1.29 is 4.79 Å². The zero-order valence-corrected chi connectivity index (χ0v) is 18.0. The minimum atomic E-state index is 0.172. The third-order valence-electron chi connectivity index (χ3n) is 6.47. The van der Waals surface area contributed by atoms with E-state index >= 15 is 0 Å². The van der Waals surface area contributed by atoms with Gasteiger partial charge in [0, 0.05) is 11.0 Å². The number of hydrogen-bond acceptors (Lipinski definition) is 2. The number of rotatable bonds is 4. The molecule has 0 aliphatic heterocycles. The Morgan fingerprint density at radius 2 is 2.07 bits per heavy atom. The van der Waals surface area contributed by atoms with Gasteiger partial charge >= 0.3 is 0 Å². The van der Waals surface area contributed by atoms with Crippen molar-refractivity contribution in [2.75, 3.05) is 0 Å². The van der Waals surface area contributed by atoms with E-state index in [2.05, 4.69) is 25.8 Å². The average Bonchev–Trinajstić information content (AvgIpc) is 3.15. The van der Waals surface area contributed by atoms with Crippen molar-refractivity contribution in [1.82, 2.24) is 4.98 Å². The molecule has 2 unspecified atom stereocenters. The number of hydrogen-bond donors (Lipinski definition) is 1. The summed E-state index contributed by atoms with van der Waals surface area (Å²) in [4.78, 5) is 17.9. The van der Waals surface area contributed by atoms with Gasteiger partial charge in [-0.15, -0.1) is 11.3 Å². The van der Waals surface area contributed by atoms with Crippen LogP contribution in [0.3, 0.4) is 0 Å². The van der Waals surface area contributed by atoms with Crippen LogP contribution in [0.1, 0.15) is 76.2 Å². The minimum Gasteiger partial charge on any atom is -0.343 e. The van der Waals surface area contributed by atoms with Crippen molar-refractivity contribution in [2.24, 2.45) is 11.8 Å². The predicted octanol–water partition coefficient (Wildman–Crippen LogP) is 7.71. The van der Waals surface area contributed by atoms with Crippen LogP contribution in [0.15, 0.2) is 34.4 Å². The highest BCUT2D eigenvalue weighted by atomic mass is 35.5. The summed E-state index contributed by atoms with van der Waals surface area (Å²) in [6.45, 7) is 6.86. The monoisotopic (exact) mass is 401 g/mol. The first-order chi connectivity index (χ1) is 13.0. The zero-order chi connectivity index (χ0) is 19.1. The average molecular weight is 402 g/mol. The van der Waals surface area contributed by atoms with E-state index in [4.69, 9.17) is 11.6 Å². The van der Waals surface area contributed by atoms with Gasteiger partial charge in [0.1, 0.15) is 4.83 Å². The fourth-order valence-corrected chi connectivity index (χ4v) is 6.26. The van der Waals surface area contributed by atoms with E-state index < -0.39 is 0 Å². The molecule has 0 aromatic carbocycles. The Balaban J connectivity index is 1.79. The SMILES string of the molecule is CCCC1CC(C)=C(C(=O)c2cc3cc(Cl)sc3[nH]2)C2=C(CCCC2)C1C. The van der Waals surface area contributed by atoms with E-state index in [-0.39, 0.29) is 5.78 Å². The number of halogens is 1. The Hall–Kier alpha value is -1.32. The molecule has 2 atom stereocenters. The van der Waals surface area contributed by atoms with Crippen LogP contribution in [0.5, 0.6) is 0 Å². The molecule has 4 rings (SSSR count). The lowest BCUT2D eigenvalue weighted by atomic mass is 9.77. The number of aromatic nitrogens is 1. The maximum Gasteiger partial charge on any atom is 0.209 e. The van der Waals surface area contributed by atoms with Crippen LogP contribution < -0.4 is 0 Å². The topological polar surface area (TPSA) is 32.9 Å². The number of Topliss-reactive ketones (excluding diaryl/α,β-unsaturated/α-hetero) is 1. The number of fused-ring (bicyclic) bond motifs is 1. The van der Waals surface area contributed by atoms with Crippen LogP contribution in [0.25, 0.3) is 10.2 Å². The van der Waals surface area contributed by atoms with E-state index in [0.29, 0.717) is 17.5 Å². The third-order valence-corrected chi connectivity index (χ3v) is 7.67. The number of thiophene rings is 1. The fraction of sp³-hybridized carbons (Fsp3) is 0.522. The maximum atomic E-state index is 13.6. The molecule has 0 spiro atoms. The molecule has 2 aliphatic carbocycles. The molecule has 0 saturated heterocycles. The first-order valence-corrected chi connectivity index (χ1v) is 11.4. The van der Waals surface area contributed by atoms with Crippen molar-refractivity contribution in [3.05, 3.63) is 44.5 Å². The van der Waals surface area contributed by atoms with Crippen LogP contribution in [-0.4, -0.2) is 10.8 Å². The molecule has 2 aromatic heterocycles. The summed E-state index contributed by atoms with van der Waals surface area (Å²) in [5.74, 6) is 1.42. The zero-order valence-electron chi connectivity index (χ0n) is 16.5. The molecule has 4 heteroatoms. The second-order valence-corrected chi connectivity index (χ2v) is 9.94. The van der Waals surface area contributed by atoms with Gasteiger partial charge in [-0.05, 0) is 75.0 Å². The van der Waals surface area contributed by atoms with Gasteiger partial charge < -0.3 is 4.98 Å². The number of allylic oxidation sites excluding steroid dienone is 4. The Labute approximate surface area is 170 Å². The Kier molecular flexibility index (Phi) is 5.35. The first kappa shape index (κ1) is 19.0. The lowest BCUT2D eigenvalue weighted by Crippen LogP contribution is -2.16. The number of carbonyl (C=O) groups is 1. The quantitative estimate of drug-likeness (QED) is 0.522. The summed E-state index contributed by atoms with van der Waals surface area (Å²) in [5, 5.41) is 1.04. The van der Waals surface area contributed by atoms with Crippen LogP contribution in [-0.2, 0) is 0 Å². The van der Waals surface area contributed by atoms with Crippen LogP contribution in [0.2, 0.25) is 4.34 Å². The molecule has 0 bridgehead atoms. The standard InChI is InChI=1S/C23H28ClNOS/c1-4-7-15-10-13(2)21(18-9-6-5-8-17(18)14(15)3)22(26)19-11-16-12-20(24)27-23(16)25-19/h11-12,14-15,25H,4-10H2,1-3H3. The first-order valence-electron chi connectivity index (χ1n) is 10.2. The molecule has 2 nitrogen and oxygen atoms in total. The molecular weight excluding hydrogens is 374 g/mol. The van der Waals surface area contributed by atoms with E-state index in [1.54, 1.807) is 5.57 Å². The van der Waals surface area contributed by atoms with Gasteiger partial charge in [-0.2, -0.15) is 0 Å². The van der Waals surface area contributed by atoms with Gasteiger partial charge in [0.2, 0.25) is 5.78 Å². The highest BCUT2D eigenvalue weighted by molar-refractivity contribution is 7.22. The van der Waals surface area contributed by atoms with Crippen molar-refractivity contribution in [2.45, 2.75) is 65.7 Å². The molecule has 0 radical (unpaired) electrons. The maximum absolute atomic E-state index is 13.6. The van der Waals surface area contributed by atoms with Crippen molar-refractivity contribution in [1.29, 1.82) is 0 Å². The molecule has 0 fully saturated rings. The molecule has 2 aromatic rings. The van der Waals surface area contributed by atoms with Gasteiger partial charge in [0.15, 0.2) is 0 Å². The second kappa shape index (κ2) is 7.60. The molecule has 2 aliphatic rings. The van der Waals surface area contributed by atoms with Crippen molar-refractivity contribution in [3.63, 3.8) is 0 Å². The minimum absolute atomic E-state index is 0.172. The van der Waals surface area contributed by atoms with Crippen molar-refractivity contribution >= 4 is 38.9 Å². The summed E-state index contributed by atoms with van der Waals surface area (Å²) in [6.07, 6.45) is 8.18. The van der Waals surface area contributed by atoms with E-state index in [0.717, 1.165) is 39.4 Å². The predicted molar refractivity (Wildman–Crippen MR) is 116 cm³/mol. The third kappa shape index (κ3) is 3.45. The second-order valence-electron chi connectivity index (χ2n) is 8.25. The van der Waals surface area contributed by atoms with Crippen LogP contribution >= 0.6 is 22.9 Å². The smallest absolute Gasteiger partial charge is 0.209 e. The Morgan fingerprint density at radius 1 is 1.30 bits per heavy atom. The summed E-state index contributed by atoms with van der Waals surface area (Å²) >= 11 is 7.60. The van der Waals surface area contributed by atoms with Gasteiger partial charge in [0.25, 0.3) is 0 Å². The van der Waals surface area contributed by atoms with Gasteiger partial charge in [-0.3, -0.25) is 4.79 Å². The highest BCUT2D eigenvalue weighted by Crippen LogP contribution is 2.45. The molecule has 0 amide bonds. The van der Waals surface area contributed by atoms with E-state index in [1.807, 2.05) is 12.1 Å². The summed E-state index contributed by atoms with van der Waals surface area (Å²) in [6, 6.07) is 3.91. The van der Waals surface area contributed by atoms with E-state index in [9.17, 15) is 4.79 Å². The van der Waals surface area contributed by atoms with Gasteiger partial charge in [0.05, 0.1) is 10.0 Å². The number of ketones is 1. The van der Waals surface area contributed by atoms with Crippen molar-refractivity contribution in [3.8, 4) is 0 Å². The number of H-pyrrole nitrogens is 1.